The second-order valence-electron chi connectivity index (χ2n) is 10.4. The van der Waals surface area contributed by atoms with Gasteiger partial charge in [0, 0.05) is 11.8 Å². The Morgan fingerprint density at radius 2 is 1.33 bits per heavy atom. The lowest BCUT2D eigenvalue weighted by Gasteiger charge is -2.36. The Hall–Kier alpha value is -2.64. The number of benzene rings is 3. The predicted octanol–water partition coefficient (Wildman–Crippen LogP) is 9.36. The minimum atomic E-state index is -1.61. The van der Waals surface area contributed by atoms with E-state index >= 15 is 0 Å². The second-order valence-corrected chi connectivity index (χ2v) is 15.3. The van der Waals surface area contributed by atoms with Crippen molar-refractivity contribution in [2.45, 2.75) is 63.1 Å². The molecule has 2 aliphatic carbocycles. The van der Waals surface area contributed by atoms with Crippen LogP contribution in [-0.4, -0.2) is 8.07 Å². The monoisotopic (exact) mass is 448 g/mol. The summed E-state index contributed by atoms with van der Waals surface area (Å²) in [5.41, 5.74) is 9.68. The smallest absolute Gasteiger partial charge is 0.0796 e. The Balaban J connectivity index is 1.48. The van der Waals surface area contributed by atoms with Crippen LogP contribution >= 0.6 is 0 Å². The standard InChI is InChI=1S/C32H36Si/c1-5-13-24(6-2)33(3,4)32-22-23-14-7-8-15-25(23)31(32)21-20-30-28-18-11-9-16-26(28)27-17-10-12-19-29(27)30/h5,7-12,14-19,22,24,30-31H,1,6,13,20-21H2,2-4H3. The molecule has 2 atom stereocenters. The molecule has 33 heavy (non-hydrogen) atoms. The topological polar surface area (TPSA) is 0 Å². The van der Waals surface area contributed by atoms with Crippen LogP contribution in [0.4, 0.5) is 0 Å². The van der Waals surface area contributed by atoms with E-state index in [0.717, 1.165) is 12.0 Å². The molecular weight excluding hydrogens is 412 g/mol. The average molecular weight is 449 g/mol. The van der Waals surface area contributed by atoms with Gasteiger partial charge < -0.3 is 0 Å². The average Bonchev–Trinajstić information content (AvgIpc) is 3.37. The van der Waals surface area contributed by atoms with Crippen molar-refractivity contribution in [3.63, 3.8) is 0 Å². The third-order valence-corrected chi connectivity index (χ3v) is 13.1. The Labute approximate surface area is 201 Å². The molecular formula is C32H36Si. The van der Waals surface area contributed by atoms with Gasteiger partial charge in [-0.15, -0.1) is 6.58 Å². The van der Waals surface area contributed by atoms with E-state index < -0.39 is 8.07 Å². The van der Waals surface area contributed by atoms with Crippen LogP contribution in [0.1, 0.15) is 66.7 Å². The van der Waals surface area contributed by atoms with Crippen molar-refractivity contribution in [3.05, 3.63) is 113 Å². The van der Waals surface area contributed by atoms with Gasteiger partial charge in [-0.05, 0) is 58.2 Å². The van der Waals surface area contributed by atoms with Crippen LogP contribution in [-0.2, 0) is 0 Å². The van der Waals surface area contributed by atoms with Crippen LogP contribution in [0, 0.1) is 0 Å². The zero-order valence-electron chi connectivity index (χ0n) is 20.4. The fourth-order valence-corrected chi connectivity index (χ4v) is 10.6. The van der Waals surface area contributed by atoms with Gasteiger partial charge in [0.15, 0.2) is 0 Å². The van der Waals surface area contributed by atoms with Crippen LogP contribution < -0.4 is 0 Å². The van der Waals surface area contributed by atoms with Crippen LogP contribution in [0.15, 0.2) is 90.6 Å². The van der Waals surface area contributed by atoms with E-state index in [0.29, 0.717) is 11.8 Å². The first-order chi connectivity index (χ1) is 16.1. The highest BCUT2D eigenvalue weighted by molar-refractivity contribution is 6.86. The quantitative estimate of drug-likeness (QED) is 0.238. The van der Waals surface area contributed by atoms with Crippen molar-refractivity contribution in [3.8, 4) is 11.1 Å². The molecule has 0 fully saturated rings. The normalized spacial score (nSPS) is 17.8. The molecule has 168 valence electrons. The summed E-state index contributed by atoms with van der Waals surface area (Å²) in [6.07, 6.45) is 9.53. The molecule has 2 aliphatic rings. The van der Waals surface area contributed by atoms with E-state index in [1.54, 1.807) is 10.8 Å². The first-order valence-corrected chi connectivity index (χ1v) is 15.7. The van der Waals surface area contributed by atoms with E-state index in [4.69, 9.17) is 0 Å². The molecule has 1 heteroatoms. The van der Waals surface area contributed by atoms with Crippen molar-refractivity contribution in [2.24, 2.45) is 0 Å². The molecule has 0 bridgehead atoms. The van der Waals surface area contributed by atoms with E-state index in [1.165, 1.54) is 47.1 Å². The number of allylic oxidation sites excluding steroid dienone is 2. The van der Waals surface area contributed by atoms with Gasteiger partial charge in [0.05, 0.1) is 8.07 Å². The second kappa shape index (κ2) is 8.95. The van der Waals surface area contributed by atoms with Crippen LogP contribution in [0.2, 0.25) is 18.6 Å². The summed E-state index contributed by atoms with van der Waals surface area (Å²) in [6.45, 7) is 11.7. The minimum absolute atomic E-state index is 0.506. The van der Waals surface area contributed by atoms with Crippen LogP contribution in [0.3, 0.4) is 0 Å². The van der Waals surface area contributed by atoms with Gasteiger partial charge in [0.2, 0.25) is 0 Å². The van der Waals surface area contributed by atoms with E-state index in [-0.39, 0.29) is 0 Å². The van der Waals surface area contributed by atoms with Gasteiger partial charge >= 0.3 is 0 Å². The van der Waals surface area contributed by atoms with E-state index in [1.807, 2.05) is 0 Å². The fourth-order valence-electron chi connectivity index (χ4n) is 6.65. The van der Waals surface area contributed by atoms with Crippen molar-refractivity contribution in [2.75, 3.05) is 0 Å². The molecule has 5 rings (SSSR count). The molecule has 0 spiro atoms. The molecule has 0 aliphatic heterocycles. The summed E-state index contributed by atoms with van der Waals surface area (Å²) in [4.78, 5) is 0. The van der Waals surface area contributed by atoms with Gasteiger partial charge in [-0.25, -0.2) is 0 Å². The molecule has 0 saturated carbocycles. The highest BCUT2D eigenvalue weighted by Gasteiger charge is 2.41. The van der Waals surface area contributed by atoms with Crippen LogP contribution in [0.5, 0.6) is 0 Å². The Kier molecular flexibility index (Phi) is 6.01. The summed E-state index contributed by atoms with van der Waals surface area (Å²) in [7, 11) is -1.61. The fraction of sp³-hybridized carbons (Fsp3) is 0.312. The van der Waals surface area contributed by atoms with Gasteiger partial charge in [-0.2, -0.15) is 0 Å². The third kappa shape index (κ3) is 3.77. The molecule has 0 N–H and O–H groups in total. The highest BCUT2D eigenvalue weighted by Crippen LogP contribution is 2.52. The van der Waals surface area contributed by atoms with Crippen molar-refractivity contribution >= 4 is 14.1 Å². The summed E-state index contributed by atoms with van der Waals surface area (Å²) in [5, 5.41) is 1.76. The van der Waals surface area contributed by atoms with Gasteiger partial charge in [-0.3, -0.25) is 0 Å². The number of hydrogen-bond acceptors (Lipinski definition) is 0. The number of rotatable bonds is 8. The molecule has 3 aromatic carbocycles. The first-order valence-electron chi connectivity index (χ1n) is 12.7. The Morgan fingerprint density at radius 3 is 1.94 bits per heavy atom. The van der Waals surface area contributed by atoms with Gasteiger partial charge in [-0.1, -0.05) is 117 Å². The maximum atomic E-state index is 4.08. The van der Waals surface area contributed by atoms with Gasteiger partial charge in [0.1, 0.15) is 0 Å². The maximum Gasteiger partial charge on any atom is 0.0796 e. The summed E-state index contributed by atoms with van der Waals surface area (Å²) in [5.74, 6) is 1.06. The SMILES string of the molecule is C=CCC(CC)[Si](C)(C)C1=Cc2ccccc2C1CCC1c2ccccc2-c2ccccc21. The molecule has 0 radical (unpaired) electrons. The number of hydrogen-bond donors (Lipinski definition) is 0. The zero-order chi connectivity index (χ0) is 23.0. The summed E-state index contributed by atoms with van der Waals surface area (Å²) >= 11 is 0. The molecule has 0 heterocycles. The van der Waals surface area contributed by atoms with E-state index in [9.17, 15) is 0 Å². The lowest BCUT2D eigenvalue weighted by molar-refractivity contribution is 0.624. The molecule has 2 unspecified atom stereocenters. The summed E-state index contributed by atoms with van der Waals surface area (Å²) < 4.78 is 0. The van der Waals surface area contributed by atoms with Crippen molar-refractivity contribution < 1.29 is 0 Å². The lowest BCUT2D eigenvalue weighted by atomic mass is 9.87. The maximum absolute atomic E-state index is 4.08. The largest absolute Gasteiger partial charge is 0.103 e. The van der Waals surface area contributed by atoms with Gasteiger partial charge in [0.25, 0.3) is 0 Å². The van der Waals surface area contributed by atoms with Crippen molar-refractivity contribution in [1.82, 2.24) is 0 Å². The first kappa shape index (κ1) is 22.2. The third-order valence-electron chi connectivity index (χ3n) is 8.47. The Morgan fingerprint density at radius 1 is 0.788 bits per heavy atom. The minimum Gasteiger partial charge on any atom is -0.103 e. The molecule has 0 nitrogen and oxygen atoms in total. The summed E-state index contributed by atoms with van der Waals surface area (Å²) in [6, 6.07) is 27.3. The molecule has 0 amide bonds. The predicted molar refractivity (Wildman–Crippen MR) is 146 cm³/mol. The van der Waals surface area contributed by atoms with Crippen molar-refractivity contribution in [1.29, 1.82) is 0 Å². The molecule has 0 saturated heterocycles. The molecule has 3 aromatic rings. The number of fused-ring (bicyclic) bond motifs is 4. The molecule has 0 aromatic heterocycles. The van der Waals surface area contributed by atoms with Crippen LogP contribution in [0.25, 0.3) is 17.2 Å². The Bertz CT molecular complexity index is 1150. The lowest BCUT2D eigenvalue weighted by Crippen LogP contribution is -2.37. The van der Waals surface area contributed by atoms with E-state index in [2.05, 4.69) is 112 Å². The zero-order valence-corrected chi connectivity index (χ0v) is 21.4. The highest BCUT2D eigenvalue weighted by atomic mass is 28.3.